The van der Waals surface area contributed by atoms with E-state index in [-0.39, 0.29) is 12.5 Å². The van der Waals surface area contributed by atoms with Gasteiger partial charge in [-0.2, -0.15) is 0 Å². The van der Waals surface area contributed by atoms with Crippen LogP contribution in [0.3, 0.4) is 0 Å². The highest BCUT2D eigenvalue weighted by atomic mass is 35.5. The van der Waals surface area contributed by atoms with Crippen molar-refractivity contribution in [3.8, 4) is 5.75 Å². The summed E-state index contributed by atoms with van der Waals surface area (Å²) in [6.07, 6.45) is 1.79. The summed E-state index contributed by atoms with van der Waals surface area (Å²) >= 11 is 11.4. The summed E-state index contributed by atoms with van der Waals surface area (Å²) in [5.74, 6) is 0.859. The molecule has 0 aliphatic heterocycles. The minimum absolute atomic E-state index is 0.157. The standard InChI is InChI=1S/C12H14Cl2O2/c1-2-3-9-6-10(14)4-5-12(9)16-8-11(15)7-13/h2,4-6,11,15H,1,3,7-8H2. The van der Waals surface area contributed by atoms with Gasteiger partial charge in [-0.3, -0.25) is 0 Å². The highest BCUT2D eigenvalue weighted by Crippen LogP contribution is 2.23. The van der Waals surface area contributed by atoms with Crippen molar-refractivity contribution >= 4 is 23.2 Å². The number of halogens is 2. The van der Waals surface area contributed by atoms with Crippen molar-refractivity contribution in [3.63, 3.8) is 0 Å². The summed E-state index contributed by atoms with van der Waals surface area (Å²) in [7, 11) is 0. The van der Waals surface area contributed by atoms with Crippen LogP contribution in [-0.2, 0) is 6.42 Å². The Morgan fingerprint density at radius 2 is 2.25 bits per heavy atom. The molecule has 0 amide bonds. The Hall–Kier alpha value is -0.700. The molecule has 0 bridgehead atoms. The number of aliphatic hydroxyl groups excluding tert-OH is 1. The molecule has 0 aliphatic rings. The van der Waals surface area contributed by atoms with Gasteiger partial charge in [-0.15, -0.1) is 18.2 Å². The Balaban J connectivity index is 2.73. The molecule has 1 atom stereocenters. The minimum Gasteiger partial charge on any atom is -0.491 e. The van der Waals surface area contributed by atoms with E-state index in [0.29, 0.717) is 17.2 Å². The van der Waals surface area contributed by atoms with Crippen molar-refractivity contribution < 1.29 is 9.84 Å². The van der Waals surface area contributed by atoms with E-state index in [4.69, 9.17) is 27.9 Å². The molecule has 0 fully saturated rings. The molecule has 0 saturated heterocycles. The van der Waals surface area contributed by atoms with E-state index in [1.54, 1.807) is 18.2 Å². The van der Waals surface area contributed by atoms with E-state index >= 15 is 0 Å². The number of aliphatic hydroxyl groups is 1. The highest BCUT2D eigenvalue weighted by molar-refractivity contribution is 6.30. The molecule has 1 N–H and O–H groups in total. The molecular formula is C12H14Cl2O2. The van der Waals surface area contributed by atoms with Gasteiger partial charge in [0.25, 0.3) is 0 Å². The third-order valence-electron chi connectivity index (χ3n) is 2.00. The fourth-order valence-corrected chi connectivity index (χ4v) is 1.52. The van der Waals surface area contributed by atoms with Crippen LogP contribution in [0.15, 0.2) is 30.9 Å². The van der Waals surface area contributed by atoms with E-state index in [1.807, 2.05) is 6.07 Å². The summed E-state index contributed by atoms with van der Waals surface area (Å²) in [6, 6.07) is 5.35. The first-order valence-electron chi connectivity index (χ1n) is 4.93. The molecule has 1 aromatic rings. The summed E-state index contributed by atoms with van der Waals surface area (Å²) in [5.41, 5.74) is 0.948. The number of benzene rings is 1. The van der Waals surface area contributed by atoms with E-state index in [0.717, 1.165) is 5.56 Å². The van der Waals surface area contributed by atoms with Crippen LogP contribution in [0.5, 0.6) is 5.75 Å². The van der Waals surface area contributed by atoms with Crippen molar-refractivity contribution in [1.29, 1.82) is 0 Å². The van der Waals surface area contributed by atoms with Crippen molar-refractivity contribution in [2.24, 2.45) is 0 Å². The minimum atomic E-state index is -0.658. The van der Waals surface area contributed by atoms with Gasteiger partial charge in [0.05, 0.1) is 5.88 Å². The first kappa shape index (κ1) is 13.4. The molecule has 16 heavy (non-hydrogen) atoms. The quantitative estimate of drug-likeness (QED) is 0.630. The number of allylic oxidation sites excluding steroid dienone is 1. The lowest BCUT2D eigenvalue weighted by atomic mass is 10.1. The molecule has 1 rings (SSSR count). The van der Waals surface area contributed by atoms with E-state index < -0.39 is 6.10 Å². The Morgan fingerprint density at radius 3 is 2.88 bits per heavy atom. The number of rotatable bonds is 6. The topological polar surface area (TPSA) is 29.5 Å². The lowest BCUT2D eigenvalue weighted by molar-refractivity contribution is 0.125. The van der Waals surface area contributed by atoms with Crippen LogP contribution in [0.25, 0.3) is 0 Å². The molecule has 4 heteroatoms. The van der Waals surface area contributed by atoms with Gasteiger partial charge in [-0.25, -0.2) is 0 Å². The average Bonchev–Trinajstić information content (AvgIpc) is 2.28. The van der Waals surface area contributed by atoms with Crippen molar-refractivity contribution in [2.75, 3.05) is 12.5 Å². The third-order valence-corrected chi connectivity index (χ3v) is 2.59. The van der Waals surface area contributed by atoms with Gasteiger partial charge in [0.15, 0.2) is 0 Å². The van der Waals surface area contributed by atoms with E-state index in [1.165, 1.54) is 0 Å². The Bertz CT molecular complexity index is 353. The molecule has 1 aromatic carbocycles. The van der Waals surface area contributed by atoms with Crippen LogP contribution in [0.1, 0.15) is 5.56 Å². The largest absolute Gasteiger partial charge is 0.491 e. The Morgan fingerprint density at radius 1 is 1.50 bits per heavy atom. The zero-order valence-electron chi connectivity index (χ0n) is 8.83. The maximum atomic E-state index is 9.29. The van der Waals surface area contributed by atoms with E-state index in [2.05, 4.69) is 6.58 Å². The number of ether oxygens (including phenoxy) is 1. The molecule has 0 radical (unpaired) electrons. The predicted molar refractivity (Wildman–Crippen MR) is 67.6 cm³/mol. The summed E-state index contributed by atoms with van der Waals surface area (Å²) in [4.78, 5) is 0. The highest BCUT2D eigenvalue weighted by Gasteiger charge is 2.07. The first-order valence-corrected chi connectivity index (χ1v) is 5.84. The monoisotopic (exact) mass is 260 g/mol. The summed E-state index contributed by atoms with van der Waals surface area (Å²) < 4.78 is 5.46. The zero-order valence-corrected chi connectivity index (χ0v) is 10.3. The van der Waals surface area contributed by atoms with Crippen LogP contribution in [0, 0.1) is 0 Å². The van der Waals surface area contributed by atoms with Crippen molar-refractivity contribution in [1.82, 2.24) is 0 Å². The average molecular weight is 261 g/mol. The van der Waals surface area contributed by atoms with Gasteiger partial charge in [0, 0.05) is 5.02 Å². The normalized spacial score (nSPS) is 12.2. The number of hydrogen-bond donors (Lipinski definition) is 1. The second-order valence-corrected chi connectivity index (χ2v) is 4.11. The lowest BCUT2D eigenvalue weighted by Crippen LogP contribution is -2.19. The van der Waals surface area contributed by atoms with E-state index in [9.17, 15) is 5.11 Å². The number of alkyl halides is 1. The van der Waals surface area contributed by atoms with Gasteiger partial charge >= 0.3 is 0 Å². The van der Waals surface area contributed by atoms with Crippen LogP contribution in [0.2, 0.25) is 5.02 Å². The summed E-state index contributed by atoms with van der Waals surface area (Å²) in [5, 5.41) is 9.95. The van der Waals surface area contributed by atoms with Gasteiger partial charge in [-0.1, -0.05) is 17.7 Å². The molecule has 0 aromatic heterocycles. The maximum Gasteiger partial charge on any atom is 0.123 e. The molecule has 0 heterocycles. The maximum absolute atomic E-state index is 9.29. The summed E-state index contributed by atoms with van der Waals surface area (Å²) in [6.45, 7) is 3.84. The fraction of sp³-hybridized carbons (Fsp3) is 0.333. The fourth-order valence-electron chi connectivity index (χ4n) is 1.23. The molecule has 2 nitrogen and oxygen atoms in total. The molecule has 1 unspecified atom stereocenters. The number of hydrogen-bond acceptors (Lipinski definition) is 2. The Labute approximate surface area is 105 Å². The molecule has 88 valence electrons. The predicted octanol–water partition coefficient (Wildman–Crippen LogP) is 3.05. The van der Waals surface area contributed by atoms with Crippen LogP contribution in [-0.4, -0.2) is 23.7 Å². The molecule has 0 spiro atoms. The second kappa shape index (κ2) is 6.79. The second-order valence-electron chi connectivity index (χ2n) is 3.36. The zero-order chi connectivity index (χ0) is 12.0. The van der Waals surface area contributed by atoms with Crippen LogP contribution >= 0.6 is 23.2 Å². The van der Waals surface area contributed by atoms with Gasteiger partial charge in [0.2, 0.25) is 0 Å². The van der Waals surface area contributed by atoms with Crippen molar-refractivity contribution in [3.05, 3.63) is 41.4 Å². The molecule has 0 aliphatic carbocycles. The SMILES string of the molecule is C=CCc1cc(Cl)ccc1OCC(O)CCl. The van der Waals surface area contributed by atoms with Gasteiger partial charge in [0.1, 0.15) is 18.5 Å². The molecule has 0 saturated carbocycles. The Kier molecular flexibility index (Phi) is 5.67. The molecular weight excluding hydrogens is 247 g/mol. The van der Waals surface area contributed by atoms with Gasteiger partial charge in [-0.05, 0) is 30.2 Å². The third kappa shape index (κ3) is 4.05. The lowest BCUT2D eigenvalue weighted by Gasteiger charge is -2.13. The smallest absolute Gasteiger partial charge is 0.123 e. The van der Waals surface area contributed by atoms with Crippen LogP contribution in [0.4, 0.5) is 0 Å². The van der Waals surface area contributed by atoms with Crippen molar-refractivity contribution in [2.45, 2.75) is 12.5 Å². The first-order chi connectivity index (χ1) is 7.67. The van der Waals surface area contributed by atoms with Gasteiger partial charge < -0.3 is 9.84 Å². The van der Waals surface area contributed by atoms with Crippen LogP contribution < -0.4 is 4.74 Å².